The number of rotatable bonds is 2. The number of H-pyrrole nitrogens is 2. The van der Waals surface area contributed by atoms with Crippen LogP contribution in [0.4, 0.5) is 5.82 Å². The zero-order valence-corrected chi connectivity index (χ0v) is 14.0. The number of carbonyl (C=O) groups excluding carboxylic acids is 1. The molecule has 0 amide bonds. The van der Waals surface area contributed by atoms with Crippen molar-refractivity contribution in [2.45, 2.75) is 25.2 Å². The number of hydrogen-bond donors (Lipinski definition) is 4. The van der Waals surface area contributed by atoms with E-state index in [1.165, 1.54) is 13.2 Å². The molecule has 2 heterocycles. The molecule has 1 aromatic carbocycles. The number of aromatic hydroxyl groups is 1. The van der Waals surface area contributed by atoms with Crippen molar-refractivity contribution in [3.05, 3.63) is 61.4 Å². The first-order valence-corrected chi connectivity index (χ1v) is 8.26. The highest BCUT2D eigenvalue weighted by Gasteiger charge is 2.37. The van der Waals surface area contributed by atoms with Gasteiger partial charge in [0.05, 0.1) is 12.7 Å². The molecule has 1 atom stereocenters. The average molecular weight is 355 g/mol. The molecule has 0 spiro atoms. The van der Waals surface area contributed by atoms with Crippen molar-refractivity contribution in [1.29, 1.82) is 0 Å². The average Bonchev–Trinajstić information content (AvgIpc) is 2.60. The normalized spacial score (nSPS) is 18.8. The number of benzene rings is 1. The second kappa shape index (κ2) is 5.91. The Kier molecular flexibility index (Phi) is 3.68. The lowest BCUT2D eigenvalue weighted by Gasteiger charge is -2.32. The number of aromatic amines is 2. The number of fused-ring (bicyclic) bond motifs is 1. The van der Waals surface area contributed by atoms with E-state index in [1.807, 2.05) is 0 Å². The van der Waals surface area contributed by atoms with Crippen LogP contribution in [-0.2, 0) is 4.79 Å². The van der Waals surface area contributed by atoms with E-state index in [-0.39, 0.29) is 22.9 Å². The maximum atomic E-state index is 12.6. The molecule has 8 nitrogen and oxygen atoms in total. The standard InChI is InChI=1S/C18H17N3O5/c1-26-12-6-5-8(7-11(12)23)13-14-9(3-2-4-10(14)22)19-16-15(13)17(24)21-18(25)20-16/h5-7,13,23H,2-4H2,1H3,(H3,19,20,21,24,25)/t13-/m0/s1. The van der Waals surface area contributed by atoms with Crippen molar-refractivity contribution < 1.29 is 14.6 Å². The Hall–Kier alpha value is -3.29. The van der Waals surface area contributed by atoms with Gasteiger partial charge in [0.1, 0.15) is 5.82 Å². The molecule has 1 aromatic heterocycles. The van der Waals surface area contributed by atoms with Gasteiger partial charge in [-0.05, 0) is 30.5 Å². The van der Waals surface area contributed by atoms with Gasteiger partial charge >= 0.3 is 5.69 Å². The number of allylic oxidation sites excluding steroid dienone is 2. The lowest BCUT2D eigenvalue weighted by atomic mass is 9.76. The van der Waals surface area contributed by atoms with Crippen molar-refractivity contribution in [2.24, 2.45) is 0 Å². The lowest BCUT2D eigenvalue weighted by Crippen LogP contribution is -2.36. The highest BCUT2D eigenvalue weighted by Crippen LogP contribution is 2.44. The van der Waals surface area contributed by atoms with Crippen LogP contribution < -0.4 is 21.3 Å². The first kappa shape index (κ1) is 16.2. The van der Waals surface area contributed by atoms with Gasteiger partial charge in [-0.3, -0.25) is 19.6 Å². The van der Waals surface area contributed by atoms with Gasteiger partial charge in [-0.1, -0.05) is 6.07 Å². The van der Waals surface area contributed by atoms with Gasteiger partial charge in [0.15, 0.2) is 17.3 Å². The first-order valence-electron chi connectivity index (χ1n) is 8.26. The molecule has 0 saturated carbocycles. The van der Waals surface area contributed by atoms with E-state index in [0.29, 0.717) is 41.8 Å². The Morgan fingerprint density at radius 1 is 1.15 bits per heavy atom. The summed E-state index contributed by atoms with van der Waals surface area (Å²) in [5.74, 6) is -0.229. The van der Waals surface area contributed by atoms with Crippen molar-refractivity contribution in [3.8, 4) is 11.5 Å². The van der Waals surface area contributed by atoms with Gasteiger partial charge in [0.25, 0.3) is 5.56 Å². The van der Waals surface area contributed by atoms with Crippen molar-refractivity contribution in [2.75, 3.05) is 12.4 Å². The summed E-state index contributed by atoms with van der Waals surface area (Å²) in [6.45, 7) is 0. The summed E-state index contributed by atoms with van der Waals surface area (Å²) in [4.78, 5) is 41.7. The second-order valence-corrected chi connectivity index (χ2v) is 6.36. The predicted octanol–water partition coefficient (Wildman–Crippen LogP) is 1.34. The number of ketones is 1. The fourth-order valence-corrected chi connectivity index (χ4v) is 3.71. The minimum Gasteiger partial charge on any atom is -0.504 e. The largest absolute Gasteiger partial charge is 0.504 e. The molecule has 134 valence electrons. The van der Waals surface area contributed by atoms with Gasteiger partial charge in [0.2, 0.25) is 0 Å². The number of carbonyl (C=O) groups is 1. The molecule has 1 aliphatic heterocycles. The van der Waals surface area contributed by atoms with E-state index in [2.05, 4.69) is 15.3 Å². The number of phenols is 1. The zero-order chi connectivity index (χ0) is 18.4. The van der Waals surface area contributed by atoms with Crippen molar-refractivity contribution in [3.63, 3.8) is 0 Å². The molecule has 2 aromatic rings. The molecule has 4 rings (SSSR count). The molecular weight excluding hydrogens is 338 g/mol. The third-order valence-electron chi connectivity index (χ3n) is 4.83. The molecule has 4 N–H and O–H groups in total. The molecule has 0 unspecified atom stereocenters. The summed E-state index contributed by atoms with van der Waals surface area (Å²) in [5.41, 5.74) is 0.848. The Morgan fingerprint density at radius 3 is 2.69 bits per heavy atom. The van der Waals surface area contributed by atoms with E-state index in [9.17, 15) is 19.5 Å². The summed E-state index contributed by atoms with van der Waals surface area (Å²) < 4.78 is 5.07. The second-order valence-electron chi connectivity index (χ2n) is 6.36. The molecule has 1 aliphatic carbocycles. The number of methoxy groups -OCH3 is 1. The summed E-state index contributed by atoms with van der Waals surface area (Å²) in [5, 5.41) is 13.2. The van der Waals surface area contributed by atoms with Gasteiger partial charge in [-0.2, -0.15) is 0 Å². The molecule has 26 heavy (non-hydrogen) atoms. The monoisotopic (exact) mass is 355 g/mol. The summed E-state index contributed by atoms with van der Waals surface area (Å²) in [6.07, 6.45) is 1.75. The van der Waals surface area contributed by atoms with Crippen LogP contribution in [0.25, 0.3) is 0 Å². The Bertz CT molecular complexity index is 1060. The Labute approximate surface area is 147 Å². The number of nitrogens with one attached hydrogen (secondary N) is 3. The van der Waals surface area contributed by atoms with Crippen LogP contribution in [0, 0.1) is 0 Å². The van der Waals surface area contributed by atoms with Crippen LogP contribution in [0.3, 0.4) is 0 Å². The van der Waals surface area contributed by atoms with E-state index in [4.69, 9.17) is 4.74 Å². The molecule has 0 radical (unpaired) electrons. The summed E-state index contributed by atoms with van der Waals surface area (Å²) >= 11 is 0. The van der Waals surface area contributed by atoms with E-state index in [1.54, 1.807) is 12.1 Å². The van der Waals surface area contributed by atoms with Gasteiger partial charge in [0, 0.05) is 23.6 Å². The van der Waals surface area contributed by atoms with Gasteiger partial charge in [-0.15, -0.1) is 0 Å². The fourth-order valence-electron chi connectivity index (χ4n) is 3.71. The fraction of sp³-hybridized carbons (Fsp3) is 0.278. The number of Topliss-reactive ketones (excluding diaryl/α,β-unsaturated/α-hetero) is 1. The van der Waals surface area contributed by atoms with Crippen LogP contribution in [0.2, 0.25) is 0 Å². The minimum absolute atomic E-state index is 0.0460. The molecule has 0 fully saturated rings. The maximum Gasteiger partial charge on any atom is 0.327 e. The number of anilines is 1. The third-order valence-corrected chi connectivity index (χ3v) is 4.83. The minimum atomic E-state index is -0.675. The highest BCUT2D eigenvalue weighted by molar-refractivity contribution is 6.00. The first-order chi connectivity index (χ1) is 12.5. The van der Waals surface area contributed by atoms with Gasteiger partial charge < -0.3 is 15.2 Å². The Balaban J connectivity index is 1.99. The van der Waals surface area contributed by atoms with Crippen LogP contribution in [0.15, 0.2) is 39.1 Å². The molecule has 0 bridgehead atoms. The van der Waals surface area contributed by atoms with Gasteiger partial charge in [-0.25, -0.2) is 4.79 Å². The van der Waals surface area contributed by atoms with E-state index < -0.39 is 17.2 Å². The number of hydrogen-bond acceptors (Lipinski definition) is 6. The predicted molar refractivity (Wildman–Crippen MR) is 93.7 cm³/mol. The molecule has 0 saturated heterocycles. The SMILES string of the molecule is COc1ccc([C@H]2C3=C(CCCC3=O)Nc3[nH]c(=O)[nH]c(=O)c32)cc1O. The quantitative estimate of drug-likeness (QED) is 0.644. The molecular formula is C18H17N3O5. The van der Waals surface area contributed by atoms with Crippen LogP contribution in [0.1, 0.15) is 36.3 Å². The lowest BCUT2D eigenvalue weighted by molar-refractivity contribution is -0.116. The van der Waals surface area contributed by atoms with Crippen molar-refractivity contribution in [1.82, 2.24) is 9.97 Å². The maximum absolute atomic E-state index is 12.6. The van der Waals surface area contributed by atoms with Crippen molar-refractivity contribution >= 4 is 11.6 Å². The molecule has 8 heteroatoms. The van der Waals surface area contributed by atoms with Crippen LogP contribution >= 0.6 is 0 Å². The Morgan fingerprint density at radius 2 is 1.96 bits per heavy atom. The van der Waals surface area contributed by atoms with Crippen LogP contribution in [-0.4, -0.2) is 28.0 Å². The van der Waals surface area contributed by atoms with E-state index in [0.717, 1.165) is 0 Å². The number of aromatic nitrogens is 2. The zero-order valence-electron chi connectivity index (χ0n) is 14.0. The summed E-state index contributed by atoms with van der Waals surface area (Å²) in [7, 11) is 1.44. The topological polar surface area (TPSA) is 124 Å². The highest BCUT2D eigenvalue weighted by atomic mass is 16.5. The third kappa shape index (κ3) is 2.42. The number of phenolic OH excluding ortho intramolecular Hbond substituents is 1. The smallest absolute Gasteiger partial charge is 0.327 e. The number of ether oxygens (including phenoxy) is 1. The van der Waals surface area contributed by atoms with Crippen LogP contribution in [0.5, 0.6) is 11.5 Å². The molecule has 2 aliphatic rings. The van der Waals surface area contributed by atoms with E-state index >= 15 is 0 Å². The summed E-state index contributed by atoms with van der Waals surface area (Å²) in [6, 6.07) is 4.77.